The Morgan fingerprint density at radius 1 is 0.806 bits per heavy atom. The fraction of sp³-hybridized carbons (Fsp3) is 0.827. The molecule has 4 N–H and O–H groups in total. The number of rotatable bonds is 31. The van der Waals surface area contributed by atoms with Crippen molar-refractivity contribution in [2.45, 2.75) is 249 Å². The van der Waals surface area contributed by atoms with Gasteiger partial charge in [-0.05, 0) is 56.6 Å². The van der Waals surface area contributed by atoms with Crippen molar-refractivity contribution >= 4 is 17.7 Å². The van der Waals surface area contributed by atoms with Crippen LogP contribution in [0.3, 0.4) is 0 Å². The zero-order chi connectivity index (χ0) is 45.4. The van der Waals surface area contributed by atoms with Crippen molar-refractivity contribution in [3.63, 3.8) is 0 Å². The van der Waals surface area contributed by atoms with Gasteiger partial charge in [-0.15, -0.1) is 0 Å². The Hall–Kier alpha value is -2.37. The number of fused-ring (bicyclic) bond motifs is 5. The van der Waals surface area contributed by atoms with E-state index >= 15 is 0 Å². The average Bonchev–Trinajstić information content (AvgIpc) is 3.92. The van der Waals surface area contributed by atoms with E-state index in [1.165, 1.54) is 128 Å². The molecule has 0 aromatic rings. The number of allylic oxidation sites excluding steroid dienone is 1. The normalized spacial score (nSPS) is 32.5. The Morgan fingerprint density at radius 2 is 1.29 bits per heavy atom. The third-order valence-electron chi connectivity index (χ3n) is 15.0. The molecular formula is C52H86O10. The minimum atomic E-state index is -2.53. The van der Waals surface area contributed by atoms with Crippen LogP contribution in [-0.4, -0.2) is 85.5 Å². The number of aliphatic hydroxyl groups is 4. The molecule has 354 valence electrons. The van der Waals surface area contributed by atoms with E-state index in [4.69, 9.17) is 14.2 Å². The van der Waals surface area contributed by atoms with Gasteiger partial charge in [0.2, 0.25) is 0 Å². The van der Waals surface area contributed by atoms with Crippen molar-refractivity contribution in [3.05, 3.63) is 36.0 Å². The molecule has 0 radical (unpaired) electrons. The molecule has 1 saturated heterocycles. The monoisotopic (exact) mass is 871 g/mol. The maximum Gasteiger partial charge on any atom is 0.330 e. The van der Waals surface area contributed by atoms with E-state index in [1.807, 2.05) is 0 Å². The first-order chi connectivity index (χ1) is 29.7. The van der Waals surface area contributed by atoms with Crippen molar-refractivity contribution < 1.29 is 49.0 Å². The topological polar surface area (TPSA) is 163 Å². The van der Waals surface area contributed by atoms with E-state index in [0.29, 0.717) is 18.4 Å². The van der Waals surface area contributed by atoms with E-state index in [9.17, 15) is 34.8 Å². The first kappa shape index (κ1) is 52.3. The van der Waals surface area contributed by atoms with E-state index in [-0.39, 0.29) is 18.4 Å². The summed E-state index contributed by atoms with van der Waals surface area (Å²) in [5, 5.41) is 49.8. The zero-order valence-electron chi connectivity index (χ0n) is 39.4. The van der Waals surface area contributed by atoms with Gasteiger partial charge in [0.05, 0.1) is 11.5 Å². The van der Waals surface area contributed by atoms with Crippen LogP contribution >= 0.6 is 0 Å². The van der Waals surface area contributed by atoms with Gasteiger partial charge in [0, 0.05) is 18.4 Å². The number of esters is 2. The van der Waals surface area contributed by atoms with Crippen molar-refractivity contribution in [3.8, 4) is 0 Å². The highest BCUT2D eigenvalue weighted by atomic mass is 16.7. The summed E-state index contributed by atoms with van der Waals surface area (Å²) in [5.41, 5.74) is -7.71. The number of carbonyl (C=O) groups excluding carboxylic acids is 3. The van der Waals surface area contributed by atoms with E-state index < -0.39 is 82.8 Å². The average molecular weight is 871 g/mol. The largest absolute Gasteiger partial charge is 0.462 e. The van der Waals surface area contributed by atoms with Crippen LogP contribution in [0.5, 0.6) is 0 Å². The molecule has 1 aliphatic heterocycles. The van der Waals surface area contributed by atoms with Crippen LogP contribution in [0.15, 0.2) is 36.0 Å². The number of hydrogen-bond donors (Lipinski definition) is 4. The van der Waals surface area contributed by atoms with Gasteiger partial charge in [-0.3, -0.25) is 9.59 Å². The van der Waals surface area contributed by atoms with Crippen LogP contribution in [0, 0.1) is 17.8 Å². The van der Waals surface area contributed by atoms with Crippen LogP contribution in [0.1, 0.15) is 208 Å². The van der Waals surface area contributed by atoms with Crippen molar-refractivity contribution in [2.75, 3.05) is 6.61 Å². The third-order valence-corrected chi connectivity index (χ3v) is 15.0. The molecule has 0 unspecified atom stereocenters. The van der Waals surface area contributed by atoms with E-state index in [1.54, 1.807) is 19.9 Å². The maximum atomic E-state index is 13.8. The smallest absolute Gasteiger partial charge is 0.330 e. The second-order valence-corrected chi connectivity index (χ2v) is 19.8. The molecule has 0 bridgehead atoms. The predicted molar refractivity (Wildman–Crippen MR) is 244 cm³/mol. The third kappa shape index (κ3) is 12.5. The fourth-order valence-corrected chi connectivity index (χ4v) is 11.0. The SMILES string of the molecule is C=C(C)[C@@]1(O)C[C@@H](C)[C@@]2(O)[C@H]([C@H]1OC(=O)/C=C/CCCCCCCCCCCCC)[C@@H]1O[C@]1(COC(=O)CCCCCCCCCCCCCCC)[C@@H](O)[C@]1(O)C(=O)C(C)=C[C@H]12. The fourth-order valence-electron chi connectivity index (χ4n) is 11.0. The molecule has 2 saturated carbocycles. The lowest BCUT2D eigenvalue weighted by atomic mass is 9.54. The number of carbonyl (C=O) groups is 3. The maximum absolute atomic E-state index is 13.8. The van der Waals surface area contributed by atoms with Gasteiger partial charge < -0.3 is 34.6 Å². The summed E-state index contributed by atoms with van der Waals surface area (Å²) in [6.45, 7) is 12.9. The lowest BCUT2D eigenvalue weighted by molar-refractivity contribution is -0.252. The lowest BCUT2D eigenvalue weighted by Crippen LogP contribution is -2.71. The van der Waals surface area contributed by atoms with Gasteiger partial charge in [0.25, 0.3) is 0 Å². The van der Waals surface area contributed by atoms with Gasteiger partial charge in [-0.1, -0.05) is 181 Å². The molecular weight excluding hydrogens is 785 g/mol. The van der Waals surface area contributed by atoms with Gasteiger partial charge >= 0.3 is 11.9 Å². The number of aliphatic hydroxyl groups excluding tert-OH is 1. The summed E-state index contributed by atoms with van der Waals surface area (Å²) in [7, 11) is 0. The van der Waals surface area contributed by atoms with Gasteiger partial charge in [0.15, 0.2) is 17.0 Å². The van der Waals surface area contributed by atoms with Gasteiger partial charge in [-0.2, -0.15) is 0 Å². The number of unbranched alkanes of at least 4 members (excludes halogenated alkanes) is 23. The molecule has 62 heavy (non-hydrogen) atoms. The number of ether oxygens (including phenoxy) is 3. The molecule has 0 aromatic carbocycles. The number of hydrogen-bond acceptors (Lipinski definition) is 10. The molecule has 4 aliphatic rings. The van der Waals surface area contributed by atoms with Crippen molar-refractivity contribution in [2.24, 2.45) is 17.8 Å². The van der Waals surface area contributed by atoms with Gasteiger partial charge in [-0.25, -0.2) is 4.79 Å². The molecule has 3 fully saturated rings. The molecule has 1 heterocycles. The standard InChI is InChI=1S/C52H86O10/c1-7-9-11-13-15-17-19-21-23-25-27-29-31-33-42(53)60-37-50-47(62-50)44-46(61-43(54)34-32-30-28-26-24-22-20-18-16-14-12-10-8-2)49(57,38(3)4)36-40(6)51(44,58)41-35-39(5)45(55)52(41,59)48(50)56/h32,34-35,40-41,44,46-48,56-59H,3,7-31,33,36-37H2,1-2,4-6H3/b34-32+/t40-,41+,44-,46-,47+,48-,49+,50+,51+,52-/m1/s1. The summed E-state index contributed by atoms with van der Waals surface area (Å²) in [5.74, 6) is -5.36. The van der Waals surface area contributed by atoms with Crippen LogP contribution in [0.25, 0.3) is 0 Å². The van der Waals surface area contributed by atoms with Crippen LogP contribution < -0.4 is 0 Å². The second kappa shape index (κ2) is 24.8. The number of epoxide rings is 1. The van der Waals surface area contributed by atoms with Gasteiger partial charge in [0.1, 0.15) is 30.5 Å². The summed E-state index contributed by atoms with van der Waals surface area (Å²) in [6.07, 6.45) is 29.5. The highest BCUT2D eigenvalue weighted by Gasteiger charge is 2.84. The van der Waals surface area contributed by atoms with Crippen molar-refractivity contribution in [1.82, 2.24) is 0 Å². The lowest BCUT2D eigenvalue weighted by Gasteiger charge is -2.57. The van der Waals surface area contributed by atoms with Crippen LogP contribution in [-0.2, 0) is 28.6 Å². The molecule has 4 rings (SSSR count). The molecule has 10 heteroatoms. The Kier molecular flexibility index (Phi) is 20.9. The highest BCUT2D eigenvalue weighted by Crippen LogP contribution is 2.65. The molecule has 0 spiro atoms. The summed E-state index contributed by atoms with van der Waals surface area (Å²) in [4.78, 5) is 40.6. The Morgan fingerprint density at radius 3 is 1.79 bits per heavy atom. The summed E-state index contributed by atoms with van der Waals surface area (Å²) < 4.78 is 18.2. The minimum absolute atomic E-state index is 0.104. The summed E-state index contributed by atoms with van der Waals surface area (Å²) in [6, 6.07) is 0. The Labute approximate surface area is 374 Å². The highest BCUT2D eigenvalue weighted by molar-refractivity contribution is 6.05. The first-order valence-corrected chi connectivity index (χ1v) is 25.1. The van der Waals surface area contributed by atoms with E-state index in [0.717, 1.165) is 38.5 Å². The number of Topliss-reactive ketones (excluding diaryl/α,β-unsaturated/α-hetero) is 1. The first-order valence-electron chi connectivity index (χ1n) is 25.1. The molecule has 0 aromatic heterocycles. The predicted octanol–water partition coefficient (Wildman–Crippen LogP) is 10.3. The minimum Gasteiger partial charge on any atom is -0.462 e. The molecule has 10 atom stereocenters. The van der Waals surface area contributed by atoms with Crippen LogP contribution in [0.2, 0.25) is 0 Å². The molecule has 0 amide bonds. The molecule has 10 nitrogen and oxygen atoms in total. The quantitative estimate of drug-likeness (QED) is 0.0173. The van der Waals surface area contributed by atoms with Crippen LogP contribution in [0.4, 0.5) is 0 Å². The Bertz CT molecular complexity index is 1510. The van der Waals surface area contributed by atoms with E-state index in [2.05, 4.69) is 20.4 Å². The molecule has 3 aliphatic carbocycles. The number of ketones is 1. The van der Waals surface area contributed by atoms with Crippen molar-refractivity contribution in [1.29, 1.82) is 0 Å². The second-order valence-electron chi connectivity index (χ2n) is 19.8. The zero-order valence-corrected chi connectivity index (χ0v) is 39.4. The summed E-state index contributed by atoms with van der Waals surface area (Å²) >= 11 is 0. The Balaban J connectivity index is 1.39.